The number of hydrogen-bond donors (Lipinski definition) is 2. The monoisotopic (exact) mass is 226 g/mol. The molecule has 1 heterocycles. The van der Waals surface area contributed by atoms with E-state index in [0.717, 1.165) is 10.8 Å². The molecule has 3 aromatic rings. The van der Waals surface area contributed by atoms with E-state index in [1.54, 1.807) is 12.1 Å². The van der Waals surface area contributed by atoms with Gasteiger partial charge in [0, 0.05) is 6.07 Å². The Labute approximate surface area is 97.3 Å². The van der Waals surface area contributed by atoms with E-state index in [4.69, 9.17) is 10.3 Å². The fraction of sp³-hybridized carbons (Fsp3) is 0. The van der Waals surface area contributed by atoms with Crippen LogP contribution in [0.25, 0.3) is 22.1 Å². The molecule has 0 aliphatic carbocycles. The van der Waals surface area contributed by atoms with Crippen molar-refractivity contribution in [2.24, 2.45) is 0 Å². The summed E-state index contributed by atoms with van der Waals surface area (Å²) in [6.07, 6.45) is 0. The Kier molecular flexibility index (Phi) is 2.01. The Morgan fingerprint density at radius 1 is 1.06 bits per heavy atom. The van der Waals surface area contributed by atoms with Crippen LogP contribution in [0, 0.1) is 0 Å². The third-order valence-corrected chi connectivity index (χ3v) is 2.66. The minimum Gasteiger partial charge on any atom is -0.507 e. The standard InChI is InChI=1S/C13H10N2O2/c14-13-7-12(17-15-13)10-5-8-3-1-2-4-9(8)6-11(10)16/h1-7,16H,(H2,14,15). The van der Waals surface area contributed by atoms with Crippen LogP contribution in [-0.4, -0.2) is 10.3 Å². The first-order valence-corrected chi connectivity index (χ1v) is 5.18. The van der Waals surface area contributed by atoms with E-state index in [1.807, 2.05) is 30.3 Å². The van der Waals surface area contributed by atoms with Gasteiger partial charge in [-0.25, -0.2) is 0 Å². The van der Waals surface area contributed by atoms with Crippen LogP contribution in [0.5, 0.6) is 5.75 Å². The molecule has 0 amide bonds. The molecule has 0 aliphatic heterocycles. The summed E-state index contributed by atoms with van der Waals surface area (Å²) in [5.74, 6) is 0.915. The minimum atomic E-state index is 0.153. The van der Waals surface area contributed by atoms with Crippen LogP contribution in [0.4, 0.5) is 5.82 Å². The predicted molar refractivity (Wildman–Crippen MR) is 65.5 cm³/mol. The Balaban J connectivity index is 2.26. The molecule has 4 heteroatoms. The van der Waals surface area contributed by atoms with E-state index in [-0.39, 0.29) is 5.75 Å². The summed E-state index contributed by atoms with van der Waals surface area (Å²) in [5.41, 5.74) is 6.08. The van der Waals surface area contributed by atoms with E-state index in [9.17, 15) is 5.11 Å². The van der Waals surface area contributed by atoms with Crippen molar-refractivity contribution in [3.63, 3.8) is 0 Å². The molecule has 84 valence electrons. The molecule has 0 fully saturated rings. The number of benzene rings is 2. The Bertz CT molecular complexity index is 689. The maximum Gasteiger partial charge on any atom is 0.172 e. The van der Waals surface area contributed by atoms with Crippen LogP contribution in [-0.2, 0) is 0 Å². The average molecular weight is 226 g/mol. The van der Waals surface area contributed by atoms with E-state index in [1.165, 1.54) is 0 Å². The summed E-state index contributed by atoms with van der Waals surface area (Å²) < 4.78 is 5.05. The highest BCUT2D eigenvalue weighted by Gasteiger charge is 2.10. The summed E-state index contributed by atoms with van der Waals surface area (Å²) in [6.45, 7) is 0. The summed E-state index contributed by atoms with van der Waals surface area (Å²) in [7, 11) is 0. The molecule has 2 aromatic carbocycles. The predicted octanol–water partition coefficient (Wildman–Crippen LogP) is 2.78. The lowest BCUT2D eigenvalue weighted by atomic mass is 10.0. The Morgan fingerprint density at radius 2 is 1.76 bits per heavy atom. The SMILES string of the molecule is Nc1cc(-c2cc3ccccc3cc2O)on1. The molecule has 1 aromatic heterocycles. The number of nitrogens with two attached hydrogens (primary N) is 1. The third kappa shape index (κ3) is 1.59. The van der Waals surface area contributed by atoms with Gasteiger partial charge in [-0.05, 0) is 22.9 Å². The fourth-order valence-corrected chi connectivity index (χ4v) is 1.84. The number of nitrogen functional groups attached to an aromatic ring is 1. The highest BCUT2D eigenvalue weighted by Crippen LogP contribution is 2.33. The van der Waals surface area contributed by atoms with Crippen LogP contribution in [0.15, 0.2) is 47.0 Å². The van der Waals surface area contributed by atoms with Crippen molar-refractivity contribution in [3.8, 4) is 17.1 Å². The second kappa shape index (κ2) is 3.52. The lowest BCUT2D eigenvalue weighted by Gasteiger charge is -2.03. The highest BCUT2D eigenvalue weighted by atomic mass is 16.5. The van der Waals surface area contributed by atoms with E-state index in [2.05, 4.69) is 5.16 Å². The van der Waals surface area contributed by atoms with Crippen molar-refractivity contribution in [2.75, 3.05) is 5.73 Å². The van der Waals surface area contributed by atoms with E-state index >= 15 is 0 Å². The molecule has 0 atom stereocenters. The normalized spacial score (nSPS) is 10.8. The summed E-state index contributed by atoms with van der Waals surface area (Å²) in [4.78, 5) is 0. The van der Waals surface area contributed by atoms with E-state index in [0.29, 0.717) is 17.1 Å². The van der Waals surface area contributed by atoms with Crippen molar-refractivity contribution in [1.82, 2.24) is 5.16 Å². The second-order valence-electron chi connectivity index (χ2n) is 3.83. The van der Waals surface area contributed by atoms with Gasteiger partial charge in [0.1, 0.15) is 5.75 Å². The first-order chi connectivity index (χ1) is 8.24. The number of phenolic OH excluding ortho intramolecular Hbond substituents is 1. The first kappa shape index (κ1) is 9.72. The molecule has 0 aliphatic rings. The number of rotatable bonds is 1. The van der Waals surface area contributed by atoms with Gasteiger partial charge in [0.05, 0.1) is 5.56 Å². The molecule has 0 radical (unpaired) electrons. The van der Waals surface area contributed by atoms with Crippen molar-refractivity contribution in [1.29, 1.82) is 0 Å². The molecule has 0 bridgehead atoms. The first-order valence-electron chi connectivity index (χ1n) is 5.18. The number of nitrogens with zero attached hydrogens (tertiary/aromatic N) is 1. The molecular formula is C13H10N2O2. The van der Waals surface area contributed by atoms with Gasteiger partial charge in [0.2, 0.25) is 0 Å². The van der Waals surface area contributed by atoms with Gasteiger partial charge in [0.15, 0.2) is 11.6 Å². The molecular weight excluding hydrogens is 216 g/mol. The summed E-state index contributed by atoms with van der Waals surface area (Å²) in [5, 5.41) is 15.5. The summed E-state index contributed by atoms with van der Waals surface area (Å²) >= 11 is 0. The van der Waals surface area contributed by atoms with Gasteiger partial charge < -0.3 is 15.4 Å². The van der Waals surface area contributed by atoms with Crippen molar-refractivity contribution < 1.29 is 9.63 Å². The van der Waals surface area contributed by atoms with Gasteiger partial charge in [-0.2, -0.15) is 0 Å². The van der Waals surface area contributed by atoms with E-state index < -0.39 is 0 Å². The number of fused-ring (bicyclic) bond motifs is 1. The quantitative estimate of drug-likeness (QED) is 0.669. The van der Waals surface area contributed by atoms with Gasteiger partial charge >= 0.3 is 0 Å². The topological polar surface area (TPSA) is 72.3 Å². The minimum absolute atomic E-state index is 0.153. The number of anilines is 1. The van der Waals surface area contributed by atoms with Crippen LogP contribution in [0.2, 0.25) is 0 Å². The van der Waals surface area contributed by atoms with Crippen LogP contribution in [0.1, 0.15) is 0 Å². The molecule has 0 saturated carbocycles. The van der Waals surface area contributed by atoms with Gasteiger partial charge in [-0.1, -0.05) is 29.4 Å². The average Bonchev–Trinajstić information content (AvgIpc) is 2.75. The third-order valence-electron chi connectivity index (χ3n) is 2.66. The number of phenols is 1. The maximum atomic E-state index is 9.94. The summed E-state index contributed by atoms with van der Waals surface area (Å²) in [6, 6.07) is 12.9. The molecule has 0 unspecified atom stereocenters. The zero-order valence-electron chi connectivity index (χ0n) is 8.92. The second-order valence-corrected chi connectivity index (χ2v) is 3.83. The van der Waals surface area contributed by atoms with Crippen LogP contribution < -0.4 is 5.73 Å². The van der Waals surface area contributed by atoms with Gasteiger partial charge in [0.25, 0.3) is 0 Å². The van der Waals surface area contributed by atoms with Crippen molar-refractivity contribution in [2.45, 2.75) is 0 Å². The number of aromatic nitrogens is 1. The Morgan fingerprint density at radius 3 is 2.41 bits per heavy atom. The largest absolute Gasteiger partial charge is 0.507 e. The lowest BCUT2D eigenvalue weighted by Crippen LogP contribution is -1.80. The van der Waals surface area contributed by atoms with Crippen molar-refractivity contribution in [3.05, 3.63) is 42.5 Å². The molecule has 0 saturated heterocycles. The smallest absolute Gasteiger partial charge is 0.172 e. The highest BCUT2D eigenvalue weighted by molar-refractivity contribution is 5.89. The fourth-order valence-electron chi connectivity index (χ4n) is 1.84. The lowest BCUT2D eigenvalue weighted by molar-refractivity contribution is 0.429. The number of aromatic hydroxyl groups is 1. The molecule has 3 N–H and O–H groups in total. The molecule has 3 rings (SSSR count). The van der Waals surface area contributed by atoms with Crippen LogP contribution in [0.3, 0.4) is 0 Å². The van der Waals surface area contributed by atoms with Gasteiger partial charge in [-0.3, -0.25) is 0 Å². The molecule has 4 nitrogen and oxygen atoms in total. The zero-order valence-corrected chi connectivity index (χ0v) is 8.92. The van der Waals surface area contributed by atoms with Crippen LogP contribution >= 0.6 is 0 Å². The maximum absolute atomic E-state index is 9.94. The molecule has 17 heavy (non-hydrogen) atoms. The zero-order chi connectivity index (χ0) is 11.8. The Hall–Kier alpha value is -2.49. The van der Waals surface area contributed by atoms with Gasteiger partial charge in [-0.15, -0.1) is 0 Å². The molecule has 0 spiro atoms. The number of hydrogen-bond acceptors (Lipinski definition) is 4. The van der Waals surface area contributed by atoms with Crippen molar-refractivity contribution >= 4 is 16.6 Å².